The van der Waals surface area contributed by atoms with E-state index in [1.54, 1.807) is 63.2 Å². The minimum atomic E-state index is -0.915. The van der Waals surface area contributed by atoms with Gasteiger partial charge in [0.15, 0.2) is 5.58 Å². The van der Waals surface area contributed by atoms with E-state index in [1.165, 1.54) is 7.11 Å². The topological polar surface area (TPSA) is 114 Å². The molecule has 0 spiro atoms. The van der Waals surface area contributed by atoms with Crippen LogP contribution < -0.4 is 5.32 Å². The van der Waals surface area contributed by atoms with Crippen molar-refractivity contribution in [2.75, 3.05) is 7.11 Å². The van der Waals surface area contributed by atoms with Crippen LogP contribution in [-0.4, -0.2) is 35.8 Å². The van der Waals surface area contributed by atoms with Crippen molar-refractivity contribution in [2.24, 2.45) is 0 Å². The first-order valence-electron chi connectivity index (χ1n) is 9.66. The highest BCUT2D eigenvalue weighted by atomic mass is 16.6. The summed E-state index contributed by atoms with van der Waals surface area (Å²) < 4.78 is 15.9. The molecular weight excluding hydrogens is 398 g/mol. The predicted molar refractivity (Wildman–Crippen MR) is 113 cm³/mol. The van der Waals surface area contributed by atoms with E-state index in [4.69, 9.17) is 19.2 Å². The Labute approximate surface area is 179 Å². The van der Waals surface area contributed by atoms with Crippen molar-refractivity contribution in [3.05, 3.63) is 53.6 Å². The van der Waals surface area contributed by atoms with Gasteiger partial charge in [0.1, 0.15) is 17.2 Å². The van der Waals surface area contributed by atoms with Crippen LogP contribution in [0.15, 0.2) is 46.9 Å². The highest BCUT2D eigenvalue weighted by Gasteiger charge is 2.25. The standard InChI is InChI=1S/C23H23N3O5/c1-23(2,3)31-22(28)26-18(21(27)29-4)12-15-7-10-19-17(11-15)25-20(30-19)16-8-5-14(13-24)6-9-16/h5-11,18H,12H2,1-4H3,(H,26,28)/t18-/m0/s1. The summed E-state index contributed by atoms with van der Waals surface area (Å²) >= 11 is 0. The summed E-state index contributed by atoms with van der Waals surface area (Å²) in [6.07, 6.45) is -0.505. The number of fused-ring (bicyclic) bond motifs is 1. The predicted octanol–water partition coefficient (Wildman–Crippen LogP) is 3.98. The lowest BCUT2D eigenvalue weighted by Gasteiger charge is -2.22. The molecule has 0 bridgehead atoms. The van der Waals surface area contributed by atoms with Gasteiger partial charge in [-0.2, -0.15) is 5.26 Å². The fraction of sp³-hybridized carbons (Fsp3) is 0.304. The third kappa shape index (κ3) is 5.60. The summed E-state index contributed by atoms with van der Waals surface area (Å²) in [5.41, 5.74) is 2.56. The monoisotopic (exact) mass is 421 g/mol. The van der Waals surface area contributed by atoms with Crippen molar-refractivity contribution in [2.45, 2.75) is 38.8 Å². The fourth-order valence-corrected chi connectivity index (χ4v) is 2.93. The SMILES string of the molecule is COC(=O)[C@H](Cc1ccc2oc(-c3ccc(C#N)cc3)nc2c1)NC(=O)OC(C)(C)C. The third-order valence-electron chi connectivity index (χ3n) is 4.33. The zero-order valence-corrected chi connectivity index (χ0v) is 17.8. The minimum Gasteiger partial charge on any atom is -0.467 e. The molecule has 1 amide bonds. The average molecular weight is 421 g/mol. The van der Waals surface area contributed by atoms with E-state index in [0.29, 0.717) is 22.6 Å². The van der Waals surface area contributed by atoms with E-state index in [9.17, 15) is 9.59 Å². The minimum absolute atomic E-state index is 0.195. The molecule has 1 aromatic heterocycles. The lowest BCUT2D eigenvalue weighted by Crippen LogP contribution is -2.45. The molecule has 2 aromatic carbocycles. The van der Waals surface area contributed by atoms with Crippen LogP contribution in [-0.2, 0) is 20.7 Å². The molecule has 0 unspecified atom stereocenters. The van der Waals surface area contributed by atoms with Crippen LogP contribution in [0.5, 0.6) is 0 Å². The zero-order chi connectivity index (χ0) is 22.6. The Bertz CT molecular complexity index is 1140. The molecule has 0 radical (unpaired) electrons. The molecule has 3 rings (SSSR count). The average Bonchev–Trinajstić information content (AvgIpc) is 3.14. The maximum absolute atomic E-state index is 12.2. The first-order valence-corrected chi connectivity index (χ1v) is 9.66. The Morgan fingerprint density at radius 3 is 2.52 bits per heavy atom. The third-order valence-corrected chi connectivity index (χ3v) is 4.33. The number of methoxy groups -OCH3 is 1. The number of ether oxygens (including phenoxy) is 2. The lowest BCUT2D eigenvalue weighted by atomic mass is 10.1. The number of aromatic nitrogens is 1. The van der Waals surface area contributed by atoms with E-state index < -0.39 is 23.7 Å². The summed E-state index contributed by atoms with van der Waals surface area (Å²) in [6.45, 7) is 5.22. The van der Waals surface area contributed by atoms with E-state index in [2.05, 4.69) is 16.4 Å². The molecule has 0 saturated heterocycles. The van der Waals surface area contributed by atoms with Crippen LogP contribution in [0.3, 0.4) is 0 Å². The molecule has 0 aliphatic heterocycles. The number of carbonyl (C=O) groups is 2. The van der Waals surface area contributed by atoms with Crippen molar-refractivity contribution in [3.8, 4) is 17.5 Å². The van der Waals surface area contributed by atoms with Crippen molar-refractivity contribution in [1.82, 2.24) is 10.3 Å². The number of nitrogens with one attached hydrogen (secondary N) is 1. The van der Waals surface area contributed by atoms with Gasteiger partial charge in [0.25, 0.3) is 0 Å². The Hall–Kier alpha value is -3.86. The van der Waals surface area contributed by atoms with E-state index in [1.807, 2.05) is 0 Å². The molecule has 8 nitrogen and oxygen atoms in total. The molecule has 0 fully saturated rings. The number of amides is 1. The number of oxazole rings is 1. The molecule has 0 aliphatic rings. The number of benzene rings is 2. The van der Waals surface area contributed by atoms with E-state index in [0.717, 1.165) is 11.1 Å². The molecule has 1 N–H and O–H groups in total. The molecule has 3 aromatic rings. The molecular formula is C23H23N3O5. The van der Waals surface area contributed by atoms with Crippen LogP contribution in [0.4, 0.5) is 4.79 Å². The number of alkyl carbamates (subject to hydrolysis) is 1. The summed E-state index contributed by atoms with van der Waals surface area (Å²) in [7, 11) is 1.26. The zero-order valence-electron chi connectivity index (χ0n) is 17.8. The Balaban J connectivity index is 1.81. The number of rotatable bonds is 5. The Morgan fingerprint density at radius 2 is 1.90 bits per heavy atom. The highest BCUT2D eigenvalue weighted by Crippen LogP contribution is 2.25. The number of hydrogen-bond donors (Lipinski definition) is 1. The molecule has 160 valence electrons. The molecule has 1 heterocycles. The van der Waals surface area contributed by atoms with Gasteiger partial charge < -0.3 is 19.2 Å². The van der Waals surface area contributed by atoms with Crippen LogP contribution >= 0.6 is 0 Å². The number of esters is 1. The van der Waals surface area contributed by atoms with Gasteiger partial charge in [-0.15, -0.1) is 0 Å². The summed E-state index contributed by atoms with van der Waals surface area (Å²) in [5, 5.41) is 11.5. The van der Waals surface area contributed by atoms with Crippen LogP contribution in [0, 0.1) is 11.3 Å². The van der Waals surface area contributed by atoms with Crippen molar-refractivity contribution < 1.29 is 23.5 Å². The molecule has 8 heteroatoms. The number of nitrogens with zero attached hydrogens (tertiary/aromatic N) is 2. The molecule has 0 saturated carbocycles. The molecule has 31 heavy (non-hydrogen) atoms. The first kappa shape index (κ1) is 21.8. The first-order chi connectivity index (χ1) is 14.7. The normalized spacial score (nSPS) is 12.1. The number of hydrogen-bond acceptors (Lipinski definition) is 7. The summed E-state index contributed by atoms with van der Waals surface area (Å²) in [6, 6.07) is 13.4. The van der Waals surface area contributed by atoms with Gasteiger partial charge in [0.05, 0.1) is 18.7 Å². The van der Waals surface area contributed by atoms with Gasteiger partial charge in [-0.3, -0.25) is 0 Å². The van der Waals surface area contributed by atoms with Crippen molar-refractivity contribution in [1.29, 1.82) is 5.26 Å². The Kier molecular flexibility index (Phi) is 6.25. The quantitative estimate of drug-likeness (QED) is 0.620. The van der Waals surface area contributed by atoms with Crippen molar-refractivity contribution in [3.63, 3.8) is 0 Å². The largest absolute Gasteiger partial charge is 0.467 e. The van der Waals surface area contributed by atoms with Gasteiger partial charge in [-0.05, 0) is 62.7 Å². The second-order valence-electron chi connectivity index (χ2n) is 7.94. The maximum Gasteiger partial charge on any atom is 0.408 e. The van der Waals surface area contributed by atoms with Crippen LogP contribution in [0.1, 0.15) is 31.9 Å². The maximum atomic E-state index is 12.2. The van der Waals surface area contributed by atoms with Gasteiger partial charge in [-0.1, -0.05) is 6.07 Å². The highest BCUT2D eigenvalue weighted by molar-refractivity contribution is 5.82. The van der Waals surface area contributed by atoms with Crippen LogP contribution in [0.25, 0.3) is 22.6 Å². The number of nitriles is 1. The van der Waals surface area contributed by atoms with Gasteiger partial charge in [0, 0.05) is 12.0 Å². The van der Waals surface area contributed by atoms with Crippen molar-refractivity contribution >= 4 is 23.2 Å². The smallest absolute Gasteiger partial charge is 0.408 e. The van der Waals surface area contributed by atoms with Crippen LogP contribution in [0.2, 0.25) is 0 Å². The van der Waals surface area contributed by atoms with E-state index in [-0.39, 0.29) is 6.42 Å². The second-order valence-corrected chi connectivity index (χ2v) is 7.94. The number of carbonyl (C=O) groups excluding carboxylic acids is 2. The van der Waals surface area contributed by atoms with Gasteiger partial charge in [-0.25, -0.2) is 14.6 Å². The van der Waals surface area contributed by atoms with E-state index >= 15 is 0 Å². The van der Waals surface area contributed by atoms with Gasteiger partial charge >= 0.3 is 12.1 Å². The second kappa shape index (κ2) is 8.88. The Morgan fingerprint density at radius 1 is 1.19 bits per heavy atom. The van der Waals surface area contributed by atoms with Gasteiger partial charge in [0.2, 0.25) is 5.89 Å². The molecule has 1 atom stereocenters. The molecule has 0 aliphatic carbocycles. The summed E-state index contributed by atoms with van der Waals surface area (Å²) in [5.74, 6) is -0.155. The fourth-order valence-electron chi connectivity index (χ4n) is 2.93. The lowest BCUT2D eigenvalue weighted by molar-refractivity contribution is -0.143. The summed E-state index contributed by atoms with van der Waals surface area (Å²) in [4.78, 5) is 28.8.